The predicted molar refractivity (Wildman–Crippen MR) is 76.3 cm³/mol. The number of aromatic nitrogens is 4. The van der Waals surface area contributed by atoms with Gasteiger partial charge in [-0.1, -0.05) is 25.0 Å². The summed E-state index contributed by atoms with van der Waals surface area (Å²) in [5.74, 6) is 0.612. The fraction of sp³-hybridized carbons (Fsp3) is 0.467. The average Bonchev–Trinajstić information content (AvgIpc) is 3.16. The third-order valence-corrected chi connectivity index (χ3v) is 4.02. The molecule has 2 aromatic rings. The molecule has 1 aromatic heterocycles. The summed E-state index contributed by atoms with van der Waals surface area (Å²) in [5, 5.41) is 20.8. The Labute approximate surface area is 122 Å². The van der Waals surface area contributed by atoms with Gasteiger partial charge in [0.05, 0.1) is 5.69 Å². The van der Waals surface area contributed by atoms with E-state index >= 15 is 0 Å². The summed E-state index contributed by atoms with van der Waals surface area (Å²) in [4.78, 5) is 10.6. The molecule has 0 spiro atoms. The molecule has 0 aliphatic heterocycles. The normalized spacial score (nSPS) is 15.4. The monoisotopic (exact) mass is 286 g/mol. The van der Waals surface area contributed by atoms with Crippen molar-refractivity contribution in [3.8, 4) is 5.69 Å². The van der Waals surface area contributed by atoms with Crippen molar-refractivity contribution in [1.29, 1.82) is 0 Å². The highest BCUT2D eigenvalue weighted by molar-refractivity contribution is 5.67. The van der Waals surface area contributed by atoms with Crippen molar-refractivity contribution >= 4 is 5.97 Å². The van der Waals surface area contributed by atoms with Gasteiger partial charge in [0.1, 0.15) is 0 Å². The van der Waals surface area contributed by atoms with Crippen LogP contribution in [-0.2, 0) is 11.2 Å². The Morgan fingerprint density at radius 3 is 2.62 bits per heavy atom. The van der Waals surface area contributed by atoms with Crippen molar-refractivity contribution in [2.45, 2.75) is 44.4 Å². The number of tetrazole rings is 1. The van der Waals surface area contributed by atoms with Crippen LogP contribution in [0.5, 0.6) is 0 Å². The summed E-state index contributed by atoms with van der Waals surface area (Å²) < 4.78 is 1.80. The largest absolute Gasteiger partial charge is 0.481 e. The molecular weight excluding hydrogens is 268 g/mol. The number of carbonyl (C=O) groups is 1. The van der Waals surface area contributed by atoms with E-state index in [2.05, 4.69) is 15.5 Å². The molecule has 1 aliphatic rings. The van der Waals surface area contributed by atoms with Crippen LogP contribution in [0, 0.1) is 0 Å². The van der Waals surface area contributed by atoms with Crippen LogP contribution in [0.15, 0.2) is 24.3 Å². The number of rotatable bonds is 5. The van der Waals surface area contributed by atoms with E-state index in [0.29, 0.717) is 12.3 Å². The van der Waals surface area contributed by atoms with Gasteiger partial charge in [-0.25, -0.2) is 0 Å². The first kappa shape index (κ1) is 13.7. The average molecular weight is 286 g/mol. The van der Waals surface area contributed by atoms with Crippen LogP contribution in [0.3, 0.4) is 0 Å². The van der Waals surface area contributed by atoms with E-state index in [9.17, 15) is 4.79 Å². The number of carboxylic acid groups (broad SMARTS) is 1. The zero-order valence-corrected chi connectivity index (χ0v) is 11.8. The molecule has 0 atom stereocenters. The highest BCUT2D eigenvalue weighted by Gasteiger charge is 2.23. The van der Waals surface area contributed by atoms with Crippen molar-refractivity contribution in [3.05, 3.63) is 35.7 Å². The standard InChI is InChI=1S/C15H18N4O2/c20-14(21)10-7-11-5-8-13(9-6-11)19-15(16-17-18-19)12-3-1-2-4-12/h5-6,8-9,12H,1-4,7,10H2,(H,20,21). The van der Waals surface area contributed by atoms with Crippen LogP contribution in [0.4, 0.5) is 0 Å². The molecule has 21 heavy (non-hydrogen) atoms. The number of hydrogen-bond donors (Lipinski definition) is 1. The highest BCUT2D eigenvalue weighted by Crippen LogP contribution is 2.33. The minimum Gasteiger partial charge on any atom is -0.481 e. The summed E-state index contributed by atoms with van der Waals surface area (Å²) in [5.41, 5.74) is 1.94. The molecule has 0 bridgehead atoms. The summed E-state index contributed by atoms with van der Waals surface area (Å²) in [6.07, 6.45) is 5.48. The second-order valence-electron chi connectivity index (χ2n) is 5.49. The van der Waals surface area contributed by atoms with Crippen molar-refractivity contribution in [1.82, 2.24) is 20.2 Å². The minimum absolute atomic E-state index is 0.150. The number of aliphatic carboxylic acids is 1. The molecule has 0 radical (unpaired) electrons. The maximum Gasteiger partial charge on any atom is 0.303 e. The Balaban J connectivity index is 1.78. The summed E-state index contributed by atoms with van der Waals surface area (Å²) in [7, 11) is 0. The Bertz CT molecular complexity index is 615. The van der Waals surface area contributed by atoms with E-state index in [0.717, 1.165) is 29.9 Å². The van der Waals surface area contributed by atoms with Crippen molar-refractivity contribution in [3.63, 3.8) is 0 Å². The van der Waals surface area contributed by atoms with Gasteiger partial charge in [0.2, 0.25) is 0 Å². The van der Waals surface area contributed by atoms with Gasteiger partial charge in [0.15, 0.2) is 5.82 Å². The number of carboxylic acids is 1. The Hall–Kier alpha value is -2.24. The topological polar surface area (TPSA) is 80.9 Å². The van der Waals surface area contributed by atoms with Crippen LogP contribution in [-0.4, -0.2) is 31.3 Å². The van der Waals surface area contributed by atoms with Crippen molar-refractivity contribution in [2.24, 2.45) is 0 Å². The maximum absolute atomic E-state index is 10.6. The fourth-order valence-electron chi connectivity index (χ4n) is 2.87. The third kappa shape index (κ3) is 3.09. The lowest BCUT2D eigenvalue weighted by atomic mass is 10.1. The highest BCUT2D eigenvalue weighted by atomic mass is 16.4. The van der Waals surface area contributed by atoms with E-state index in [-0.39, 0.29) is 6.42 Å². The van der Waals surface area contributed by atoms with Gasteiger partial charge in [0.25, 0.3) is 0 Å². The van der Waals surface area contributed by atoms with Crippen LogP contribution >= 0.6 is 0 Å². The lowest BCUT2D eigenvalue weighted by molar-refractivity contribution is -0.136. The first-order valence-corrected chi connectivity index (χ1v) is 7.33. The van der Waals surface area contributed by atoms with E-state index < -0.39 is 5.97 Å². The maximum atomic E-state index is 10.6. The Kier molecular flexibility index (Phi) is 3.94. The second kappa shape index (κ2) is 6.03. The zero-order valence-electron chi connectivity index (χ0n) is 11.8. The molecule has 1 N–H and O–H groups in total. The van der Waals surface area contributed by atoms with Gasteiger partial charge < -0.3 is 5.11 Å². The van der Waals surface area contributed by atoms with E-state index in [1.54, 1.807) is 4.68 Å². The number of benzene rings is 1. The quantitative estimate of drug-likeness (QED) is 0.912. The molecule has 1 fully saturated rings. The number of aryl methyl sites for hydroxylation is 1. The third-order valence-electron chi connectivity index (χ3n) is 4.02. The minimum atomic E-state index is -0.775. The predicted octanol–water partition coefficient (Wildman–Crippen LogP) is 2.34. The molecular formula is C15H18N4O2. The van der Waals surface area contributed by atoms with Crippen LogP contribution < -0.4 is 0 Å². The molecule has 110 valence electrons. The Morgan fingerprint density at radius 1 is 1.24 bits per heavy atom. The first-order chi connectivity index (χ1) is 10.2. The molecule has 1 saturated carbocycles. The van der Waals surface area contributed by atoms with Gasteiger partial charge in [-0.05, 0) is 47.4 Å². The number of nitrogens with zero attached hydrogens (tertiary/aromatic N) is 4. The SMILES string of the molecule is O=C(O)CCc1ccc(-n2nnnc2C2CCCC2)cc1. The van der Waals surface area contributed by atoms with Gasteiger partial charge in [-0.15, -0.1) is 5.10 Å². The zero-order chi connectivity index (χ0) is 14.7. The van der Waals surface area contributed by atoms with E-state index in [4.69, 9.17) is 5.11 Å². The lowest BCUT2D eigenvalue weighted by Gasteiger charge is -2.10. The smallest absolute Gasteiger partial charge is 0.303 e. The molecule has 0 unspecified atom stereocenters. The fourth-order valence-corrected chi connectivity index (χ4v) is 2.87. The van der Waals surface area contributed by atoms with E-state index in [1.165, 1.54) is 12.8 Å². The molecule has 1 aliphatic carbocycles. The lowest BCUT2D eigenvalue weighted by Crippen LogP contribution is -2.07. The molecule has 6 nitrogen and oxygen atoms in total. The van der Waals surface area contributed by atoms with Crippen molar-refractivity contribution < 1.29 is 9.90 Å². The second-order valence-corrected chi connectivity index (χ2v) is 5.49. The summed E-state index contributed by atoms with van der Waals surface area (Å²) >= 11 is 0. The number of hydrogen-bond acceptors (Lipinski definition) is 4. The molecule has 1 heterocycles. The molecule has 0 saturated heterocycles. The van der Waals surface area contributed by atoms with Crippen molar-refractivity contribution in [2.75, 3.05) is 0 Å². The van der Waals surface area contributed by atoms with Gasteiger partial charge in [-0.3, -0.25) is 4.79 Å². The van der Waals surface area contributed by atoms with Gasteiger partial charge in [-0.2, -0.15) is 4.68 Å². The van der Waals surface area contributed by atoms with Crippen LogP contribution in [0.1, 0.15) is 49.4 Å². The first-order valence-electron chi connectivity index (χ1n) is 7.33. The van der Waals surface area contributed by atoms with Crippen LogP contribution in [0.25, 0.3) is 5.69 Å². The molecule has 6 heteroatoms. The summed E-state index contributed by atoms with van der Waals surface area (Å²) in [6, 6.07) is 7.79. The van der Waals surface area contributed by atoms with Crippen LogP contribution in [0.2, 0.25) is 0 Å². The molecule has 3 rings (SSSR count). The Morgan fingerprint density at radius 2 is 1.95 bits per heavy atom. The van der Waals surface area contributed by atoms with Gasteiger partial charge >= 0.3 is 5.97 Å². The summed E-state index contributed by atoms with van der Waals surface area (Å²) in [6.45, 7) is 0. The van der Waals surface area contributed by atoms with E-state index in [1.807, 2.05) is 24.3 Å². The molecule has 0 amide bonds. The molecule has 1 aromatic carbocycles. The van der Waals surface area contributed by atoms with Gasteiger partial charge in [0, 0.05) is 12.3 Å².